The Kier molecular flexibility index (Phi) is 4.33. The summed E-state index contributed by atoms with van der Waals surface area (Å²) < 4.78 is 7.50. The van der Waals surface area contributed by atoms with Gasteiger partial charge in [-0.05, 0) is 55.3 Å². The number of nitrogens with zero attached hydrogens (tertiary/aromatic N) is 1. The number of nitrogens with one attached hydrogen (secondary N) is 1. The van der Waals surface area contributed by atoms with Crippen molar-refractivity contribution in [1.29, 1.82) is 0 Å². The van der Waals surface area contributed by atoms with Crippen LogP contribution in [0.4, 0.5) is 5.69 Å². The average Bonchev–Trinajstić information content (AvgIpc) is 3.21. The van der Waals surface area contributed by atoms with E-state index in [-0.39, 0.29) is 11.9 Å². The van der Waals surface area contributed by atoms with E-state index in [1.54, 1.807) is 6.26 Å². The van der Waals surface area contributed by atoms with Crippen molar-refractivity contribution in [2.75, 3.05) is 5.32 Å². The standard InChI is InChI=1S/C19H20N2O2/c1-14-7-8-15(2)16(12-14)20-19(22)13-17(18-6-5-11-23-18)21-9-3-4-10-21/h3-12,17H,13H2,1-2H3,(H,20,22)/t17-/m0/s1. The van der Waals surface area contributed by atoms with Crippen molar-refractivity contribution < 1.29 is 9.21 Å². The second-order valence-corrected chi connectivity index (χ2v) is 5.73. The zero-order valence-corrected chi connectivity index (χ0v) is 13.3. The van der Waals surface area contributed by atoms with E-state index in [9.17, 15) is 4.79 Å². The Morgan fingerprint density at radius 3 is 2.65 bits per heavy atom. The van der Waals surface area contributed by atoms with E-state index in [1.165, 1.54) is 0 Å². The molecular weight excluding hydrogens is 288 g/mol. The molecule has 0 aliphatic heterocycles. The van der Waals surface area contributed by atoms with Gasteiger partial charge in [0.15, 0.2) is 0 Å². The minimum absolute atomic E-state index is 0.0335. The molecule has 0 radical (unpaired) electrons. The van der Waals surface area contributed by atoms with E-state index in [1.807, 2.05) is 73.3 Å². The molecule has 0 bridgehead atoms. The van der Waals surface area contributed by atoms with Crippen molar-refractivity contribution in [2.45, 2.75) is 26.3 Å². The number of carbonyl (C=O) groups is 1. The molecule has 118 valence electrons. The van der Waals surface area contributed by atoms with Gasteiger partial charge in [0.1, 0.15) is 5.76 Å². The molecule has 1 aromatic carbocycles. The maximum Gasteiger partial charge on any atom is 0.226 e. The summed E-state index contributed by atoms with van der Waals surface area (Å²) in [6.45, 7) is 4.01. The van der Waals surface area contributed by atoms with Crippen molar-refractivity contribution in [3.63, 3.8) is 0 Å². The van der Waals surface area contributed by atoms with E-state index in [4.69, 9.17) is 4.42 Å². The lowest BCUT2D eigenvalue weighted by atomic mass is 10.1. The van der Waals surface area contributed by atoms with Gasteiger partial charge in [0.25, 0.3) is 0 Å². The van der Waals surface area contributed by atoms with Crippen molar-refractivity contribution in [2.24, 2.45) is 0 Å². The van der Waals surface area contributed by atoms with E-state index >= 15 is 0 Å². The number of rotatable bonds is 5. The topological polar surface area (TPSA) is 47.2 Å². The summed E-state index contributed by atoms with van der Waals surface area (Å²) in [5.74, 6) is 0.742. The quantitative estimate of drug-likeness (QED) is 0.763. The summed E-state index contributed by atoms with van der Waals surface area (Å²) in [5, 5.41) is 3.01. The normalized spacial score (nSPS) is 12.1. The fraction of sp³-hybridized carbons (Fsp3) is 0.211. The fourth-order valence-corrected chi connectivity index (χ4v) is 2.64. The number of aromatic nitrogens is 1. The molecule has 0 fully saturated rings. The molecule has 0 saturated heterocycles. The van der Waals surface area contributed by atoms with E-state index in [0.29, 0.717) is 6.42 Å². The second kappa shape index (κ2) is 6.57. The maximum atomic E-state index is 12.5. The summed E-state index contributed by atoms with van der Waals surface area (Å²) in [6, 6.07) is 13.5. The number of hydrogen-bond acceptors (Lipinski definition) is 2. The van der Waals surface area contributed by atoms with Crippen molar-refractivity contribution in [3.05, 3.63) is 78.0 Å². The van der Waals surface area contributed by atoms with Gasteiger partial charge in [-0.15, -0.1) is 0 Å². The number of benzene rings is 1. The highest BCUT2D eigenvalue weighted by molar-refractivity contribution is 5.92. The van der Waals surface area contributed by atoms with Crippen LogP contribution in [0.15, 0.2) is 65.5 Å². The van der Waals surface area contributed by atoms with Gasteiger partial charge in [-0.2, -0.15) is 0 Å². The Balaban J connectivity index is 1.78. The van der Waals surface area contributed by atoms with Crippen LogP contribution in [0.2, 0.25) is 0 Å². The first-order valence-corrected chi connectivity index (χ1v) is 7.66. The molecule has 3 aromatic rings. The largest absolute Gasteiger partial charge is 0.467 e. The number of anilines is 1. The molecule has 23 heavy (non-hydrogen) atoms. The monoisotopic (exact) mass is 308 g/mol. The van der Waals surface area contributed by atoms with Gasteiger partial charge in [0, 0.05) is 18.1 Å². The molecule has 0 aliphatic rings. The summed E-state index contributed by atoms with van der Waals surface area (Å²) in [4.78, 5) is 12.5. The van der Waals surface area contributed by atoms with Gasteiger partial charge in [0.05, 0.1) is 18.7 Å². The van der Waals surface area contributed by atoms with E-state index < -0.39 is 0 Å². The first-order chi connectivity index (χ1) is 11.1. The molecule has 4 heteroatoms. The van der Waals surface area contributed by atoms with Gasteiger partial charge in [-0.3, -0.25) is 4.79 Å². The molecular formula is C19H20N2O2. The van der Waals surface area contributed by atoms with Gasteiger partial charge in [0.2, 0.25) is 5.91 Å². The summed E-state index contributed by atoms with van der Waals surface area (Å²) in [7, 11) is 0. The Morgan fingerprint density at radius 2 is 1.96 bits per heavy atom. The summed E-state index contributed by atoms with van der Waals surface area (Å²) in [5.41, 5.74) is 3.04. The average molecular weight is 308 g/mol. The molecule has 4 nitrogen and oxygen atoms in total. The smallest absolute Gasteiger partial charge is 0.226 e. The van der Waals surface area contributed by atoms with Crippen molar-refractivity contribution in [3.8, 4) is 0 Å². The number of carbonyl (C=O) groups excluding carboxylic acids is 1. The first kappa shape index (κ1) is 15.2. The van der Waals surface area contributed by atoms with Crippen LogP contribution in [-0.4, -0.2) is 10.5 Å². The molecule has 2 heterocycles. The predicted octanol–water partition coefficient (Wildman–Crippen LogP) is 4.32. The van der Waals surface area contributed by atoms with Crippen LogP contribution >= 0.6 is 0 Å². The van der Waals surface area contributed by atoms with E-state index in [2.05, 4.69) is 5.32 Å². The summed E-state index contributed by atoms with van der Waals surface area (Å²) >= 11 is 0. The summed E-state index contributed by atoms with van der Waals surface area (Å²) in [6.07, 6.45) is 5.83. The third-order valence-electron chi connectivity index (χ3n) is 3.90. The van der Waals surface area contributed by atoms with Crippen LogP contribution < -0.4 is 5.32 Å². The zero-order chi connectivity index (χ0) is 16.2. The van der Waals surface area contributed by atoms with Crippen LogP contribution in [0, 0.1) is 13.8 Å². The molecule has 0 aliphatic carbocycles. The third-order valence-corrected chi connectivity index (χ3v) is 3.90. The zero-order valence-electron chi connectivity index (χ0n) is 13.3. The molecule has 3 rings (SSSR count). The minimum atomic E-state index is -0.148. The number of furan rings is 1. The molecule has 2 aromatic heterocycles. The molecule has 0 unspecified atom stereocenters. The molecule has 1 amide bonds. The van der Waals surface area contributed by atoms with E-state index in [0.717, 1.165) is 22.6 Å². The van der Waals surface area contributed by atoms with Crippen LogP contribution in [0.25, 0.3) is 0 Å². The van der Waals surface area contributed by atoms with Crippen LogP contribution in [0.1, 0.15) is 29.3 Å². The van der Waals surface area contributed by atoms with Crippen molar-refractivity contribution >= 4 is 11.6 Å². The highest BCUT2D eigenvalue weighted by Gasteiger charge is 2.20. The lowest BCUT2D eigenvalue weighted by Gasteiger charge is -2.17. The van der Waals surface area contributed by atoms with Crippen LogP contribution in [0.5, 0.6) is 0 Å². The Labute approximate surface area is 135 Å². The Morgan fingerprint density at radius 1 is 1.17 bits per heavy atom. The highest BCUT2D eigenvalue weighted by atomic mass is 16.3. The number of hydrogen-bond donors (Lipinski definition) is 1. The van der Waals surface area contributed by atoms with Crippen molar-refractivity contribution in [1.82, 2.24) is 4.57 Å². The third kappa shape index (κ3) is 3.54. The first-order valence-electron chi connectivity index (χ1n) is 7.66. The Hall–Kier alpha value is -2.75. The fourth-order valence-electron chi connectivity index (χ4n) is 2.64. The lowest BCUT2D eigenvalue weighted by Crippen LogP contribution is -2.19. The number of aryl methyl sites for hydroxylation is 2. The predicted molar refractivity (Wildman–Crippen MR) is 90.4 cm³/mol. The second-order valence-electron chi connectivity index (χ2n) is 5.73. The molecule has 1 atom stereocenters. The SMILES string of the molecule is Cc1ccc(C)c(NC(=O)C[C@@H](c2ccco2)n2cccc2)c1. The molecule has 0 spiro atoms. The van der Waals surface area contributed by atoms with Gasteiger partial charge in [-0.1, -0.05) is 12.1 Å². The molecule has 1 N–H and O–H groups in total. The molecule has 0 saturated carbocycles. The van der Waals surface area contributed by atoms with Crippen LogP contribution in [0.3, 0.4) is 0 Å². The lowest BCUT2D eigenvalue weighted by molar-refractivity contribution is -0.116. The number of amides is 1. The van der Waals surface area contributed by atoms with Gasteiger partial charge < -0.3 is 14.3 Å². The van der Waals surface area contributed by atoms with Crippen LogP contribution in [-0.2, 0) is 4.79 Å². The maximum absolute atomic E-state index is 12.5. The van der Waals surface area contributed by atoms with Gasteiger partial charge >= 0.3 is 0 Å². The minimum Gasteiger partial charge on any atom is -0.467 e. The Bertz CT molecular complexity index is 740. The highest BCUT2D eigenvalue weighted by Crippen LogP contribution is 2.24. The van der Waals surface area contributed by atoms with Gasteiger partial charge in [-0.25, -0.2) is 0 Å².